The first-order valence-electron chi connectivity index (χ1n) is 8.70. The van der Waals surface area contributed by atoms with Gasteiger partial charge in [0.1, 0.15) is 5.75 Å². The van der Waals surface area contributed by atoms with Gasteiger partial charge in [-0.05, 0) is 52.1 Å². The fraction of sp³-hybridized carbons (Fsp3) is 0.526. The molecule has 1 aliphatic rings. The summed E-state index contributed by atoms with van der Waals surface area (Å²) in [7, 11) is 4.17. The average Bonchev–Trinajstić information content (AvgIpc) is 3.12. The van der Waals surface area contributed by atoms with Gasteiger partial charge in [0.05, 0.1) is 13.0 Å². The van der Waals surface area contributed by atoms with Crippen LogP contribution < -0.4 is 4.74 Å². The molecule has 0 bridgehead atoms. The zero-order valence-corrected chi connectivity index (χ0v) is 15.0. The van der Waals surface area contributed by atoms with Gasteiger partial charge in [-0.2, -0.15) is 0 Å². The number of hydrogen-bond donors (Lipinski definition) is 1. The number of nitrogens with one attached hydrogen (secondary N) is 1. The van der Waals surface area contributed by atoms with Crippen LogP contribution in [-0.2, 0) is 11.2 Å². The van der Waals surface area contributed by atoms with Crippen molar-refractivity contribution in [3.8, 4) is 5.75 Å². The van der Waals surface area contributed by atoms with Crippen LogP contribution in [-0.4, -0.2) is 60.0 Å². The number of aromatic amines is 1. The highest BCUT2D eigenvalue weighted by atomic mass is 16.5. The number of benzene rings is 1. The lowest BCUT2D eigenvalue weighted by Gasteiger charge is -2.28. The molecule has 5 nitrogen and oxygen atoms in total. The van der Waals surface area contributed by atoms with Crippen molar-refractivity contribution in [1.82, 2.24) is 14.8 Å². The third-order valence-electron chi connectivity index (χ3n) is 5.09. The summed E-state index contributed by atoms with van der Waals surface area (Å²) in [6, 6.07) is 6.65. The highest BCUT2D eigenvalue weighted by Crippen LogP contribution is 2.30. The summed E-state index contributed by atoms with van der Waals surface area (Å²) in [6.07, 6.45) is 3.39. The lowest BCUT2D eigenvalue weighted by Crippen LogP contribution is -2.42. The van der Waals surface area contributed by atoms with Gasteiger partial charge in [-0.1, -0.05) is 6.07 Å². The van der Waals surface area contributed by atoms with Gasteiger partial charge in [0.15, 0.2) is 0 Å². The van der Waals surface area contributed by atoms with Crippen LogP contribution in [0.4, 0.5) is 0 Å². The van der Waals surface area contributed by atoms with E-state index in [1.165, 1.54) is 0 Å². The standard InChI is InChI=1S/C19H27N3O2/c1-5-24-17-8-6-7-15-19(17)14(12-20-15)11-18(23)22-10-9-16(13(22)2)21(3)4/h6-8,12-13,16,20H,5,9-11H2,1-4H3/t13-,16+/m1/s1. The van der Waals surface area contributed by atoms with Gasteiger partial charge in [0.25, 0.3) is 0 Å². The Morgan fingerprint density at radius 2 is 2.21 bits per heavy atom. The van der Waals surface area contributed by atoms with E-state index in [0.717, 1.165) is 35.2 Å². The number of H-pyrrole nitrogens is 1. The third kappa shape index (κ3) is 3.00. The summed E-state index contributed by atoms with van der Waals surface area (Å²) >= 11 is 0. The van der Waals surface area contributed by atoms with Gasteiger partial charge in [-0.15, -0.1) is 0 Å². The van der Waals surface area contributed by atoms with E-state index in [0.29, 0.717) is 19.1 Å². The Morgan fingerprint density at radius 1 is 1.42 bits per heavy atom. The van der Waals surface area contributed by atoms with E-state index in [1.54, 1.807) is 0 Å². The quantitative estimate of drug-likeness (QED) is 0.917. The van der Waals surface area contributed by atoms with Crippen LogP contribution in [0.2, 0.25) is 0 Å². The van der Waals surface area contributed by atoms with Crippen molar-refractivity contribution in [2.24, 2.45) is 0 Å². The van der Waals surface area contributed by atoms with Crippen LogP contribution in [0.15, 0.2) is 24.4 Å². The molecule has 0 spiro atoms. The van der Waals surface area contributed by atoms with Gasteiger partial charge in [0.2, 0.25) is 5.91 Å². The molecular weight excluding hydrogens is 302 g/mol. The Kier molecular flexibility index (Phi) is 4.81. The molecule has 1 fully saturated rings. The molecule has 0 radical (unpaired) electrons. The van der Waals surface area contributed by atoms with Crippen molar-refractivity contribution in [3.63, 3.8) is 0 Å². The van der Waals surface area contributed by atoms with E-state index in [2.05, 4.69) is 30.9 Å². The van der Waals surface area contributed by atoms with Crippen LogP contribution in [0.3, 0.4) is 0 Å². The minimum atomic E-state index is 0.194. The predicted molar refractivity (Wildman–Crippen MR) is 96.4 cm³/mol. The van der Waals surface area contributed by atoms with E-state index >= 15 is 0 Å². The monoisotopic (exact) mass is 329 g/mol. The maximum Gasteiger partial charge on any atom is 0.227 e. The van der Waals surface area contributed by atoms with Crippen molar-refractivity contribution < 1.29 is 9.53 Å². The van der Waals surface area contributed by atoms with E-state index in [-0.39, 0.29) is 11.9 Å². The Morgan fingerprint density at radius 3 is 2.88 bits per heavy atom. The van der Waals surface area contributed by atoms with Gasteiger partial charge in [-0.3, -0.25) is 4.79 Å². The Bertz CT molecular complexity index is 722. The second kappa shape index (κ2) is 6.85. The van der Waals surface area contributed by atoms with Crippen LogP contribution in [0.25, 0.3) is 10.9 Å². The minimum absolute atomic E-state index is 0.194. The second-order valence-corrected chi connectivity index (χ2v) is 6.75. The fourth-order valence-corrected chi connectivity index (χ4v) is 3.86. The van der Waals surface area contributed by atoms with Crippen molar-refractivity contribution in [2.75, 3.05) is 27.2 Å². The molecule has 130 valence electrons. The molecule has 1 aromatic heterocycles. The topological polar surface area (TPSA) is 48.6 Å². The number of nitrogens with zero attached hydrogens (tertiary/aromatic N) is 2. The summed E-state index contributed by atoms with van der Waals surface area (Å²) in [5.74, 6) is 1.04. The van der Waals surface area contributed by atoms with E-state index < -0.39 is 0 Å². The van der Waals surface area contributed by atoms with Crippen molar-refractivity contribution in [3.05, 3.63) is 30.0 Å². The van der Waals surface area contributed by atoms with Crippen LogP contribution in [0.5, 0.6) is 5.75 Å². The molecule has 1 saturated heterocycles. The van der Waals surface area contributed by atoms with Crippen LogP contribution in [0.1, 0.15) is 25.8 Å². The Labute approximate surface area is 143 Å². The molecule has 0 saturated carbocycles. The fourth-order valence-electron chi connectivity index (χ4n) is 3.86. The number of likely N-dealkylation sites (tertiary alicyclic amines) is 1. The number of hydrogen-bond acceptors (Lipinski definition) is 3. The maximum absolute atomic E-state index is 12.9. The van der Waals surface area contributed by atoms with Crippen LogP contribution >= 0.6 is 0 Å². The number of amides is 1. The zero-order valence-electron chi connectivity index (χ0n) is 15.0. The SMILES string of the molecule is CCOc1cccc2[nH]cc(CC(=O)N3CC[C@H](N(C)C)[C@H]3C)c12. The first-order chi connectivity index (χ1) is 11.5. The van der Waals surface area contributed by atoms with Crippen molar-refractivity contribution >= 4 is 16.8 Å². The molecule has 1 amide bonds. The van der Waals surface area contributed by atoms with E-state index in [9.17, 15) is 4.79 Å². The van der Waals surface area contributed by atoms with Gasteiger partial charge in [0, 0.05) is 35.7 Å². The summed E-state index contributed by atoms with van der Waals surface area (Å²) in [5.41, 5.74) is 2.03. The summed E-state index contributed by atoms with van der Waals surface area (Å²) < 4.78 is 5.74. The molecular formula is C19H27N3O2. The molecule has 2 aromatic rings. The average molecular weight is 329 g/mol. The number of ether oxygens (including phenoxy) is 1. The molecule has 24 heavy (non-hydrogen) atoms. The number of likely N-dealkylation sites (N-methyl/N-ethyl adjacent to an activating group) is 1. The first kappa shape index (κ1) is 16.8. The first-order valence-corrected chi connectivity index (χ1v) is 8.70. The molecule has 5 heteroatoms. The Balaban J connectivity index is 1.81. The molecule has 1 aliphatic heterocycles. The van der Waals surface area contributed by atoms with E-state index in [4.69, 9.17) is 4.74 Å². The normalized spacial score (nSPS) is 21.0. The highest BCUT2D eigenvalue weighted by Gasteiger charge is 2.34. The zero-order chi connectivity index (χ0) is 17.3. The molecule has 0 unspecified atom stereocenters. The summed E-state index contributed by atoms with van der Waals surface area (Å²) in [6.45, 7) is 5.58. The minimum Gasteiger partial charge on any atom is -0.493 e. The largest absolute Gasteiger partial charge is 0.493 e. The molecule has 2 atom stereocenters. The number of carbonyl (C=O) groups is 1. The van der Waals surface area contributed by atoms with Crippen molar-refractivity contribution in [1.29, 1.82) is 0 Å². The van der Waals surface area contributed by atoms with Crippen molar-refractivity contribution in [2.45, 2.75) is 38.8 Å². The summed E-state index contributed by atoms with van der Waals surface area (Å²) in [5, 5.41) is 1.03. The summed E-state index contributed by atoms with van der Waals surface area (Å²) in [4.78, 5) is 20.4. The molecule has 1 aromatic carbocycles. The van der Waals surface area contributed by atoms with Gasteiger partial charge >= 0.3 is 0 Å². The lowest BCUT2D eigenvalue weighted by molar-refractivity contribution is -0.131. The number of carbonyl (C=O) groups excluding carboxylic acids is 1. The smallest absolute Gasteiger partial charge is 0.227 e. The lowest BCUT2D eigenvalue weighted by atomic mass is 10.1. The van der Waals surface area contributed by atoms with Gasteiger partial charge in [-0.25, -0.2) is 0 Å². The van der Waals surface area contributed by atoms with Crippen LogP contribution in [0, 0.1) is 0 Å². The second-order valence-electron chi connectivity index (χ2n) is 6.75. The number of fused-ring (bicyclic) bond motifs is 1. The molecule has 1 N–H and O–H groups in total. The number of rotatable bonds is 5. The molecule has 2 heterocycles. The van der Waals surface area contributed by atoms with Gasteiger partial charge < -0.3 is 19.5 Å². The third-order valence-corrected chi connectivity index (χ3v) is 5.09. The Hall–Kier alpha value is -2.01. The molecule has 3 rings (SSSR count). The molecule has 0 aliphatic carbocycles. The number of aromatic nitrogens is 1. The van der Waals surface area contributed by atoms with E-state index in [1.807, 2.05) is 36.2 Å². The highest BCUT2D eigenvalue weighted by molar-refractivity contribution is 5.93. The predicted octanol–water partition coefficient (Wildman–Crippen LogP) is 2.66. The maximum atomic E-state index is 12.9.